The molecule has 0 unspecified atom stereocenters. The van der Waals surface area contributed by atoms with Gasteiger partial charge in [-0.25, -0.2) is 4.79 Å². The molecule has 1 aliphatic rings. The summed E-state index contributed by atoms with van der Waals surface area (Å²) in [5.41, 5.74) is 1.04. The van der Waals surface area contributed by atoms with Crippen LogP contribution in [0.15, 0.2) is 18.2 Å². The number of likely N-dealkylation sites (N-methyl/N-ethyl adjacent to an activating group) is 1. The lowest BCUT2D eigenvalue weighted by Crippen LogP contribution is -2.26. The maximum atomic E-state index is 10.6. The van der Waals surface area contributed by atoms with Gasteiger partial charge in [-0.15, -0.1) is 0 Å². The van der Waals surface area contributed by atoms with Gasteiger partial charge in [-0.3, -0.25) is 0 Å². The van der Waals surface area contributed by atoms with Crippen molar-refractivity contribution in [1.82, 2.24) is 4.90 Å². The van der Waals surface area contributed by atoms with Gasteiger partial charge in [0.2, 0.25) is 6.79 Å². The van der Waals surface area contributed by atoms with E-state index >= 15 is 0 Å². The number of carbonyl (C=O) groups is 1. The lowest BCUT2D eigenvalue weighted by Gasteiger charge is -2.12. The molecule has 1 heterocycles. The van der Waals surface area contributed by atoms with E-state index < -0.39 is 6.09 Å². The van der Waals surface area contributed by atoms with Crippen LogP contribution in [0.4, 0.5) is 4.79 Å². The van der Waals surface area contributed by atoms with Crippen LogP contribution >= 0.6 is 0 Å². The largest absolute Gasteiger partial charge is 0.465 e. The Kier molecular flexibility index (Phi) is 2.85. The van der Waals surface area contributed by atoms with Crippen LogP contribution in [0.5, 0.6) is 11.5 Å². The summed E-state index contributed by atoms with van der Waals surface area (Å²) in [7, 11) is 1.55. The van der Waals surface area contributed by atoms with Crippen LogP contribution in [-0.2, 0) is 6.42 Å². The van der Waals surface area contributed by atoms with Gasteiger partial charge in [0.15, 0.2) is 11.5 Å². The summed E-state index contributed by atoms with van der Waals surface area (Å²) in [5, 5.41) is 8.70. The predicted octanol–water partition coefficient (Wildman–Crippen LogP) is 1.57. The number of ether oxygens (including phenoxy) is 2. The van der Waals surface area contributed by atoms with E-state index in [9.17, 15) is 4.79 Å². The molecule has 1 amide bonds. The second kappa shape index (κ2) is 4.30. The second-order valence-electron chi connectivity index (χ2n) is 3.64. The first-order chi connectivity index (χ1) is 7.66. The van der Waals surface area contributed by atoms with Gasteiger partial charge in [0.25, 0.3) is 0 Å². The first kappa shape index (κ1) is 10.6. The Morgan fingerprint density at radius 3 is 2.94 bits per heavy atom. The number of fused-ring (bicyclic) bond motifs is 1. The topological polar surface area (TPSA) is 59.0 Å². The van der Waals surface area contributed by atoms with Crippen molar-refractivity contribution >= 4 is 6.09 Å². The first-order valence-corrected chi connectivity index (χ1v) is 4.99. The molecule has 2 rings (SSSR count). The molecular weight excluding hydrogens is 210 g/mol. The summed E-state index contributed by atoms with van der Waals surface area (Å²) >= 11 is 0. The molecule has 0 atom stereocenters. The van der Waals surface area contributed by atoms with Crippen molar-refractivity contribution in [2.24, 2.45) is 0 Å². The summed E-state index contributed by atoms with van der Waals surface area (Å²) in [6.07, 6.45) is -0.250. The molecule has 0 radical (unpaired) electrons. The van der Waals surface area contributed by atoms with E-state index in [0.717, 1.165) is 17.1 Å². The summed E-state index contributed by atoms with van der Waals surface area (Å²) in [5.74, 6) is 1.48. The lowest BCUT2D eigenvalue weighted by atomic mass is 10.1. The monoisotopic (exact) mass is 223 g/mol. The van der Waals surface area contributed by atoms with Gasteiger partial charge in [0.1, 0.15) is 0 Å². The van der Waals surface area contributed by atoms with Crippen LogP contribution in [0.3, 0.4) is 0 Å². The molecule has 0 spiro atoms. The van der Waals surface area contributed by atoms with Crippen LogP contribution in [0, 0.1) is 0 Å². The van der Waals surface area contributed by atoms with E-state index in [1.54, 1.807) is 7.05 Å². The highest BCUT2D eigenvalue weighted by Crippen LogP contribution is 2.32. The lowest BCUT2D eigenvalue weighted by molar-refractivity contribution is 0.156. The molecule has 0 saturated heterocycles. The third kappa shape index (κ3) is 2.18. The summed E-state index contributed by atoms with van der Waals surface area (Å²) < 4.78 is 10.4. The SMILES string of the molecule is CN(CCc1ccc2c(c1)OCO2)C(=O)O. The van der Waals surface area contributed by atoms with Gasteiger partial charge < -0.3 is 19.5 Å². The molecule has 0 aromatic heterocycles. The number of hydrogen-bond donors (Lipinski definition) is 1. The van der Waals surface area contributed by atoms with Gasteiger partial charge in [-0.05, 0) is 24.1 Å². The quantitative estimate of drug-likeness (QED) is 0.844. The van der Waals surface area contributed by atoms with Crippen molar-refractivity contribution in [2.45, 2.75) is 6.42 Å². The van der Waals surface area contributed by atoms with Gasteiger partial charge in [0, 0.05) is 13.6 Å². The van der Waals surface area contributed by atoms with E-state index in [1.807, 2.05) is 18.2 Å². The smallest absolute Gasteiger partial charge is 0.407 e. The fraction of sp³-hybridized carbons (Fsp3) is 0.364. The zero-order valence-corrected chi connectivity index (χ0v) is 8.97. The number of carboxylic acid groups (broad SMARTS) is 1. The number of rotatable bonds is 3. The Morgan fingerprint density at radius 2 is 2.19 bits per heavy atom. The van der Waals surface area contributed by atoms with Crippen LogP contribution in [-0.4, -0.2) is 36.5 Å². The number of amides is 1. The summed E-state index contributed by atoms with van der Waals surface area (Å²) in [6, 6.07) is 5.65. The van der Waals surface area contributed by atoms with Crippen molar-refractivity contribution in [3.63, 3.8) is 0 Å². The number of nitrogens with zero attached hydrogens (tertiary/aromatic N) is 1. The molecular formula is C11H13NO4. The molecule has 0 bridgehead atoms. The predicted molar refractivity (Wildman–Crippen MR) is 56.9 cm³/mol. The van der Waals surface area contributed by atoms with Gasteiger partial charge >= 0.3 is 6.09 Å². The van der Waals surface area contributed by atoms with Crippen LogP contribution in [0.25, 0.3) is 0 Å². The van der Waals surface area contributed by atoms with Crippen LogP contribution in [0.1, 0.15) is 5.56 Å². The Balaban J connectivity index is 1.98. The van der Waals surface area contributed by atoms with E-state index in [4.69, 9.17) is 14.6 Å². The third-order valence-corrected chi connectivity index (χ3v) is 2.50. The van der Waals surface area contributed by atoms with Crippen molar-refractivity contribution < 1.29 is 19.4 Å². The molecule has 1 aromatic carbocycles. The maximum Gasteiger partial charge on any atom is 0.407 e. The highest BCUT2D eigenvalue weighted by Gasteiger charge is 2.13. The fourth-order valence-electron chi connectivity index (χ4n) is 1.49. The minimum Gasteiger partial charge on any atom is -0.465 e. The van der Waals surface area contributed by atoms with Crippen molar-refractivity contribution in [2.75, 3.05) is 20.4 Å². The molecule has 0 aliphatic carbocycles. The van der Waals surface area contributed by atoms with E-state index in [-0.39, 0.29) is 6.79 Å². The fourth-order valence-corrected chi connectivity index (χ4v) is 1.49. The average molecular weight is 223 g/mol. The standard InChI is InChI=1S/C11H13NO4/c1-12(11(13)14)5-4-8-2-3-9-10(6-8)16-7-15-9/h2-3,6H,4-5,7H2,1H3,(H,13,14). The molecule has 1 N–H and O–H groups in total. The maximum absolute atomic E-state index is 10.6. The van der Waals surface area contributed by atoms with Crippen LogP contribution in [0.2, 0.25) is 0 Å². The minimum absolute atomic E-state index is 0.258. The molecule has 0 saturated carbocycles. The van der Waals surface area contributed by atoms with E-state index in [0.29, 0.717) is 13.0 Å². The third-order valence-electron chi connectivity index (χ3n) is 2.50. The average Bonchev–Trinajstić information content (AvgIpc) is 2.72. The molecule has 5 nitrogen and oxygen atoms in total. The minimum atomic E-state index is -0.916. The van der Waals surface area contributed by atoms with Gasteiger partial charge in [-0.1, -0.05) is 6.07 Å². The molecule has 0 fully saturated rings. The number of benzene rings is 1. The molecule has 86 valence electrons. The van der Waals surface area contributed by atoms with E-state index in [1.165, 1.54) is 4.90 Å². The van der Waals surface area contributed by atoms with Gasteiger partial charge in [-0.2, -0.15) is 0 Å². The second-order valence-corrected chi connectivity index (χ2v) is 3.64. The molecule has 1 aliphatic heterocycles. The van der Waals surface area contributed by atoms with Crippen LogP contribution < -0.4 is 9.47 Å². The first-order valence-electron chi connectivity index (χ1n) is 4.99. The molecule has 1 aromatic rings. The summed E-state index contributed by atoms with van der Waals surface area (Å²) in [4.78, 5) is 11.8. The Labute approximate surface area is 93.2 Å². The van der Waals surface area contributed by atoms with Crippen molar-refractivity contribution in [3.05, 3.63) is 23.8 Å². The normalized spacial score (nSPS) is 12.6. The summed E-state index contributed by atoms with van der Waals surface area (Å²) in [6.45, 7) is 0.725. The Morgan fingerprint density at radius 1 is 1.44 bits per heavy atom. The zero-order valence-electron chi connectivity index (χ0n) is 8.97. The number of hydrogen-bond acceptors (Lipinski definition) is 3. The highest BCUT2D eigenvalue weighted by atomic mass is 16.7. The van der Waals surface area contributed by atoms with Gasteiger partial charge in [0.05, 0.1) is 0 Å². The Hall–Kier alpha value is -1.91. The van der Waals surface area contributed by atoms with E-state index in [2.05, 4.69) is 0 Å². The Bertz CT molecular complexity index is 405. The van der Waals surface area contributed by atoms with Crippen molar-refractivity contribution in [1.29, 1.82) is 0 Å². The molecule has 16 heavy (non-hydrogen) atoms. The highest BCUT2D eigenvalue weighted by molar-refractivity contribution is 5.64. The molecule has 5 heteroatoms. The van der Waals surface area contributed by atoms with Crippen molar-refractivity contribution in [3.8, 4) is 11.5 Å². The zero-order chi connectivity index (χ0) is 11.5.